The molecule has 2 saturated heterocycles. The smallest absolute Gasteiger partial charge is 0.191 e. The van der Waals surface area contributed by atoms with Gasteiger partial charge in [0.25, 0.3) is 0 Å². The Hall–Kier alpha value is -0.410. The van der Waals surface area contributed by atoms with Crippen LogP contribution < -0.4 is 10.6 Å². The Labute approximate surface area is 179 Å². The highest BCUT2D eigenvalue weighted by atomic mass is 127. The SMILES string of the molecule is CN=C(NCc1nc(C(C)C)c(C)s1)NC1CC2CCCC(C1)N2C.I. The summed E-state index contributed by atoms with van der Waals surface area (Å²) in [4.78, 5) is 13.1. The molecule has 0 saturated carbocycles. The minimum atomic E-state index is 0. The Morgan fingerprint density at radius 2 is 1.96 bits per heavy atom. The molecule has 0 aromatic carbocycles. The minimum Gasteiger partial charge on any atom is -0.354 e. The van der Waals surface area contributed by atoms with E-state index in [1.807, 2.05) is 7.05 Å². The van der Waals surface area contributed by atoms with E-state index in [1.54, 1.807) is 11.3 Å². The molecule has 1 aromatic heterocycles. The predicted octanol–water partition coefficient (Wildman–Crippen LogP) is 3.87. The number of nitrogens with one attached hydrogen (secondary N) is 2. The molecule has 2 fully saturated rings. The number of halogens is 1. The Balaban J connectivity index is 0.00000243. The van der Waals surface area contributed by atoms with Gasteiger partial charge in [0, 0.05) is 30.1 Å². The normalized spacial score (nSPS) is 26.5. The summed E-state index contributed by atoms with van der Waals surface area (Å²) < 4.78 is 0. The van der Waals surface area contributed by atoms with Crippen LogP contribution in [0.2, 0.25) is 0 Å². The molecule has 7 heteroatoms. The first-order valence-corrected chi connectivity index (χ1v) is 10.4. The highest BCUT2D eigenvalue weighted by Crippen LogP contribution is 2.32. The van der Waals surface area contributed by atoms with Gasteiger partial charge < -0.3 is 15.5 Å². The second kappa shape index (κ2) is 9.68. The number of hydrogen-bond acceptors (Lipinski definition) is 4. The van der Waals surface area contributed by atoms with E-state index in [9.17, 15) is 0 Å². The van der Waals surface area contributed by atoms with Gasteiger partial charge in [0.15, 0.2) is 5.96 Å². The van der Waals surface area contributed by atoms with Gasteiger partial charge >= 0.3 is 0 Å². The van der Waals surface area contributed by atoms with Crippen LogP contribution in [-0.2, 0) is 6.54 Å². The lowest BCUT2D eigenvalue weighted by atomic mass is 9.82. The Bertz CT molecular complexity index is 601. The zero-order valence-corrected chi connectivity index (χ0v) is 19.9. The molecule has 2 bridgehead atoms. The minimum absolute atomic E-state index is 0. The Morgan fingerprint density at radius 3 is 2.50 bits per heavy atom. The van der Waals surface area contributed by atoms with Crippen LogP contribution in [-0.4, -0.2) is 48.1 Å². The maximum atomic E-state index is 4.79. The number of aliphatic imine (C=N–C) groups is 1. The molecule has 3 rings (SSSR count). The summed E-state index contributed by atoms with van der Waals surface area (Å²) in [5.74, 6) is 1.40. The topological polar surface area (TPSA) is 52.6 Å². The number of nitrogens with zero attached hydrogens (tertiary/aromatic N) is 3. The predicted molar refractivity (Wildman–Crippen MR) is 122 cm³/mol. The maximum Gasteiger partial charge on any atom is 0.191 e. The lowest BCUT2D eigenvalue weighted by Gasteiger charge is -2.47. The first-order chi connectivity index (χ1) is 12.0. The van der Waals surface area contributed by atoms with Crippen molar-refractivity contribution in [2.45, 2.75) is 83.5 Å². The van der Waals surface area contributed by atoms with Crippen LogP contribution in [0.4, 0.5) is 0 Å². The molecule has 0 amide bonds. The number of aryl methyl sites for hydroxylation is 1. The Kier molecular flexibility index (Phi) is 8.15. The van der Waals surface area contributed by atoms with Crippen LogP contribution in [0, 0.1) is 6.92 Å². The number of guanidine groups is 1. The fourth-order valence-electron chi connectivity index (χ4n) is 4.36. The summed E-state index contributed by atoms with van der Waals surface area (Å²) in [5, 5.41) is 8.26. The van der Waals surface area contributed by atoms with Crippen molar-refractivity contribution in [1.82, 2.24) is 20.5 Å². The summed E-state index contributed by atoms with van der Waals surface area (Å²) in [5.41, 5.74) is 1.23. The number of rotatable bonds is 4. The van der Waals surface area contributed by atoms with Crippen LogP contribution in [0.25, 0.3) is 0 Å². The molecular formula is C19H34IN5S. The van der Waals surface area contributed by atoms with Crippen LogP contribution in [0.5, 0.6) is 0 Å². The third-order valence-corrected chi connectivity index (χ3v) is 6.72. The summed E-state index contributed by atoms with van der Waals surface area (Å²) in [6.45, 7) is 7.33. The fourth-order valence-corrected chi connectivity index (χ4v) is 5.38. The van der Waals surface area contributed by atoms with Gasteiger partial charge in [-0.1, -0.05) is 20.3 Å². The van der Waals surface area contributed by atoms with Gasteiger partial charge in [0.1, 0.15) is 5.01 Å². The molecule has 0 aliphatic carbocycles. The number of fused-ring (bicyclic) bond motifs is 2. The highest BCUT2D eigenvalue weighted by Gasteiger charge is 2.36. The first-order valence-electron chi connectivity index (χ1n) is 9.63. The molecule has 2 atom stereocenters. The van der Waals surface area contributed by atoms with Crippen LogP contribution in [0.1, 0.15) is 67.4 Å². The zero-order valence-electron chi connectivity index (χ0n) is 16.7. The summed E-state index contributed by atoms with van der Waals surface area (Å²) in [6.07, 6.45) is 6.52. The molecule has 2 aliphatic rings. The third-order valence-electron chi connectivity index (χ3n) is 5.73. The van der Waals surface area contributed by atoms with Crippen LogP contribution in [0.15, 0.2) is 4.99 Å². The maximum absolute atomic E-state index is 4.79. The highest BCUT2D eigenvalue weighted by molar-refractivity contribution is 14.0. The summed E-state index contributed by atoms with van der Waals surface area (Å²) in [7, 11) is 4.16. The largest absolute Gasteiger partial charge is 0.354 e. The van der Waals surface area contributed by atoms with Crippen LogP contribution in [0.3, 0.4) is 0 Å². The van der Waals surface area contributed by atoms with Gasteiger partial charge in [-0.2, -0.15) is 0 Å². The molecule has 0 radical (unpaired) electrons. The molecule has 0 spiro atoms. The van der Waals surface area contributed by atoms with Crippen molar-refractivity contribution in [1.29, 1.82) is 0 Å². The number of hydrogen-bond donors (Lipinski definition) is 2. The first kappa shape index (κ1) is 21.9. The van der Waals surface area contributed by atoms with E-state index < -0.39 is 0 Å². The lowest BCUT2D eigenvalue weighted by molar-refractivity contribution is 0.0526. The average Bonchev–Trinajstić information content (AvgIpc) is 2.93. The second-order valence-electron chi connectivity index (χ2n) is 7.85. The zero-order chi connectivity index (χ0) is 18.0. The molecule has 148 valence electrons. The summed E-state index contributed by atoms with van der Waals surface area (Å²) >= 11 is 1.79. The second-order valence-corrected chi connectivity index (χ2v) is 9.13. The van der Waals surface area contributed by atoms with Crippen molar-refractivity contribution in [3.05, 3.63) is 15.6 Å². The van der Waals surface area contributed by atoms with Gasteiger partial charge in [-0.25, -0.2) is 4.98 Å². The van der Waals surface area contributed by atoms with E-state index in [-0.39, 0.29) is 24.0 Å². The van der Waals surface area contributed by atoms with E-state index in [0.717, 1.165) is 29.6 Å². The Morgan fingerprint density at radius 1 is 1.31 bits per heavy atom. The van der Waals surface area contributed by atoms with Crippen molar-refractivity contribution in [3.8, 4) is 0 Å². The molecule has 2 unspecified atom stereocenters. The van der Waals surface area contributed by atoms with Crippen molar-refractivity contribution < 1.29 is 0 Å². The lowest BCUT2D eigenvalue weighted by Crippen LogP contribution is -2.56. The average molecular weight is 491 g/mol. The number of aromatic nitrogens is 1. The molecule has 5 nitrogen and oxygen atoms in total. The molecule has 1 aromatic rings. The van der Waals surface area contributed by atoms with E-state index >= 15 is 0 Å². The van der Waals surface area contributed by atoms with Crippen molar-refractivity contribution in [3.63, 3.8) is 0 Å². The monoisotopic (exact) mass is 491 g/mol. The van der Waals surface area contributed by atoms with Gasteiger partial charge in [0.05, 0.1) is 12.2 Å². The fraction of sp³-hybridized carbons (Fsp3) is 0.789. The van der Waals surface area contributed by atoms with Crippen molar-refractivity contribution in [2.24, 2.45) is 4.99 Å². The number of piperidine rings is 2. The molecule has 2 N–H and O–H groups in total. The number of thiazole rings is 1. The van der Waals surface area contributed by atoms with Gasteiger partial charge in [-0.05, 0) is 45.6 Å². The third kappa shape index (κ3) is 5.10. The molecular weight excluding hydrogens is 457 g/mol. The van der Waals surface area contributed by atoms with Gasteiger partial charge in [0.2, 0.25) is 0 Å². The summed E-state index contributed by atoms with van der Waals surface area (Å²) in [6, 6.07) is 2.00. The van der Waals surface area contributed by atoms with Gasteiger partial charge in [-0.15, -0.1) is 35.3 Å². The van der Waals surface area contributed by atoms with E-state index in [4.69, 9.17) is 4.98 Å². The van der Waals surface area contributed by atoms with E-state index in [1.165, 1.54) is 42.7 Å². The van der Waals surface area contributed by atoms with E-state index in [2.05, 4.69) is 48.3 Å². The van der Waals surface area contributed by atoms with Crippen molar-refractivity contribution in [2.75, 3.05) is 14.1 Å². The van der Waals surface area contributed by atoms with Crippen molar-refractivity contribution >= 4 is 41.3 Å². The molecule has 26 heavy (non-hydrogen) atoms. The molecule has 2 aliphatic heterocycles. The standard InChI is InChI=1S/C19H33N5S.HI/c1-12(2)18-13(3)25-17(23-18)11-21-19(20-4)22-14-9-15-7-6-8-16(10-14)24(15)5;/h12,14-16H,6-11H2,1-5H3,(H2,20,21,22);1H. The quantitative estimate of drug-likeness (QED) is 0.382. The van der Waals surface area contributed by atoms with E-state index in [0.29, 0.717) is 12.0 Å². The van der Waals surface area contributed by atoms with Gasteiger partial charge in [-0.3, -0.25) is 4.99 Å². The van der Waals surface area contributed by atoms with Crippen LogP contribution >= 0.6 is 35.3 Å². The molecule has 3 heterocycles.